The van der Waals surface area contributed by atoms with Crippen LogP contribution in [-0.4, -0.2) is 22.2 Å². The molecule has 1 amide bonds. The number of rotatable bonds is 8. The molecule has 6 nitrogen and oxygen atoms in total. The zero-order valence-electron chi connectivity index (χ0n) is 18.8. The Labute approximate surface area is 193 Å². The molecule has 33 heavy (non-hydrogen) atoms. The summed E-state index contributed by atoms with van der Waals surface area (Å²) in [7, 11) is 0. The largest absolute Gasteiger partial charge is 0.494 e. The van der Waals surface area contributed by atoms with E-state index in [0.717, 1.165) is 28.6 Å². The van der Waals surface area contributed by atoms with E-state index in [1.165, 1.54) is 0 Å². The molecule has 3 aromatic carbocycles. The first-order valence-corrected chi connectivity index (χ1v) is 11.1. The zero-order chi connectivity index (χ0) is 23.2. The first-order valence-electron chi connectivity index (χ1n) is 11.1. The number of para-hydroxylation sites is 1. The van der Waals surface area contributed by atoms with Crippen molar-refractivity contribution in [2.75, 3.05) is 6.61 Å². The minimum absolute atomic E-state index is 0.0296. The number of aromatic hydroxyl groups is 1. The molecule has 0 bridgehead atoms. The van der Waals surface area contributed by atoms with Crippen molar-refractivity contribution in [1.82, 2.24) is 4.57 Å². The van der Waals surface area contributed by atoms with Crippen molar-refractivity contribution < 1.29 is 14.6 Å². The van der Waals surface area contributed by atoms with E-state index in [2.05, 4.69) is 24.1 Å². The summed E-state index contributed by atoms with van der Waals surface area (Å²) in [5.41, 5.74) is 2.54. The fourth-order valence-corrected chi connectivity index (χ4v) is 3.55. The maximum absolute atomic E-state index is 12.3. The second kappa shape index (κ2) is 10.1. The SMILES string of the molecule is CC(C)CCOc1ccc(Cn2c(O)c(N=NC(=O)c3ccccc3)c3ccccc32)cc1. The summed E-state index contributed by atoms with van der Waals surface area (Å²) < 4.78 is 7.56. The fraction of sp³-hybridized carbons (Fsp3) is 0.222. The molecule has 0 fully saturated rings. The third-order valence-electron chi connectivity index (χ3n) is 5.41. The molecule has 0 atom stereocenters. The zero-order valence-corrected chi connectivity index (χ0v) is 18.8. The van der Waals surface area contributed by atoms with E-state index in [1.807, 2.05) is 54.6 Å². The lowest BCUT2D eigenvalue weighted by molar-refractivity contribution is 0.0995. The predicted octanol–water partition coefficient (Wildman–Crippen LogP) is 6.74. The molecule has 4 aromatic rings. The Bertz CT molecular complexity index is 1260. The maximum atomic E-state index is 12.3. The number of benzene rings is 3. The van der Waals surface area contributed by atoms with E-state index >= 15 is 0 Å². The van der Waals surface area contributed by atoms with E-state index in [1.54, 1.807) is 28.8 Å². The van der Waals surface area contributed by atoms with Crippen LogP contribution in [0.1, 0.15) is 36.2 Å². The van der Waals surface area contributed by atoms with E-state index in [-0.39, 0.29) is 11.6 Å². The molecule has 0 radical (unpaired) electrons. The number of carbonyl (C=O) groups is 1. The van der Waals surface area contributed by atoms with Crippen LogP contribution in [0.4, 0.5) is 5.69 Å². The van der Waals surface area contributed by atoms with Crippen molar-refractivity contribution >= 4 is 22.5 Å². The summed E-state index contributed by atoms with van der Waals surface area (Å²) in [5, 5.41) is 19.6. The molecule has 1 heterocycles. The lowest BCUT2D eigenvalue weighted by atomic mass is 10.1. The summed E-state index contributed by atoms with van der Waals surface area (Å²) in [6, 6.07) is 24.1. The highest BCUT2D eigenvalue weighted by Crippen LogP contribution is 2.39. The molecule has 168 valence electrons. The van der Waals surface area contributed by atoms with Gasteiger partial charge in [0.2, 0.25) is 5.88 Å². The Balaban J connectivity index is 1.57. The Kier molecular flexibility index (Phi) is 6.83. The molecule has 0 aliphatic carbocycles. The Hall–Kier alpha value is -3.93. The molecule has 0 spiro atoms. The van der Waals surface area contributed by atoms with Gasteiger partial charge in [0.05, 0.1) is 18.7 Å². The Morgan fingerprint density at radius 2 is 1.67 bits per heavy atom. The van der Waals surface area contributed by atoms with E-state index in [9.17, 15) is 9.90 Å². The van der Waals surface area contributed by atoms with E-state index in [4.69, 9.17) is 4.74 Å². The number of ether oxygens (including phenoxy) is 1. The van der Waals surface area contributed by atoms with E-state index in [0.29, 0.717) is 24.6 Å². The quantitative estimate of drug-likeness (QED) is 0.307. The summed E-state index contributed by atoms with van der Waals surface area (Å²) >= 11 is 0. The number of hydrogen-bond acceptors (Lipinski definition) is 4. The number of nitrogens with zero attached hydrogens (tertiary/aromatic N) is 3. The smallest absolute Gasteiger partial charge is 0.295 e. The van der Waals surface area contributed by atoms with Crippen LogP contribution in [0, 0.1) is 5.92 Å². The van der Waals surface area contributed by atoms with Gasteiger partial charge in [-0.1, -0.05) is 62.4 Å². The van der Waals surface area contributed by atoms with Gasteiger partial charge in [0.25, 0.3) is 5.91 Å². The Morgan fingerprint density at radius 3 is 2.39 bits per heavy atom. The van der Waals surface area contributed by atoms with Gasteiger partial charge < -0.3 is 14.4 Å². The number of azo groups is 1. The maximum Gasteiger partial charge on any atom is 0.295 e. The van der Waals surface area contributed by atoms with Crippen LogP contribution in [0.5, 0.6) is 11.6 Å². The lowest BCUT2D eigenvalue weighted by Crippen LogP contribution is -2.02. The van der Waals surface area contributed by atoms with Crippen LogP contribution in [0.25, 0.3) is 10.9 Å². The highest BCUT2D eigenvalue weighted by atomic mass is 16.5. The van der Waals surface area contributed by atoms with Gasteiger partial charge in [-0.05, 0) is 48.2 Å². The third-order valence-corrected chi connectivity index (χ3v) is 5.41. The summed E-state index contributed by atoms with van der Waals surface area (Å²) in [4.78, 5) is 12.3. The molecule has 0 saturated heterocycles. The van der Waals surface area contributed by atoms with Gasteiger partial charge in [0.15, 0.2) is 5.69 Å². The predicted molar refractivity (Wildman–Crippen MR) is 129 cm³/mol. The number of fused-ring (bicyclic) bond motifs is 1. The molecule has 0 saturated carbocycles. The van der Waals surface area contributed by atoms with Crippen molar-refractivity contribution in [2.45, 2.75) is 26.8 Å². The van der Waals surface area contributed by atoms with E-state index < -0.39 is 5.91 Å². The molecule has 1 N–H and O–H groups in total. The third kappa shape index (κ3) is 5.29. The molecule has 0 unspecified atom stereocenters. The molecular formula is C27H27N3O3. The van der Waals surface area contributed by atoms with Crippen molar-refractivity contribution in [3.8, 4) is 11.6 Å². The second-order valence-corrected chi connectivity index (χ2v) is 8.32. The minimum atomic E-state index is -0.458. The minimum Gasteiger partial charge on any atom is -0.494 e. The monoisotopic (exact) mass is 441 g/mol. The first-order chi connectivity index (χ1) is 16.0. The number of amides is 1. The summed E-state index contributed by atoms with van der Waals surface area (Å²) in [5.74, 6) is 0.941. The normalized spacial score (nSPS) is 11.5. The van der Waals surface area contributed by atoms with Crippen LogP contribution in [0.3, 0.4) is 0 Å². The topological polar surface area (TPSA) is 76.2 Å². The van der Waals surface area contributed by atoms with Gasteiger partial charge in [-0.3, -0.25) is 4.79 Å². The number of carbonyl (C=O) groups excluding carboxylic acids is 1. The van der Waals surface area contributed by atoms with Crippen molar-refractivity contribution in [3.05, 3.63) is 90.0 Å². The van der Waals surface area contributed by atoms with Crippen LogP contribution in [0.2, 0.25) is 0 Å². The number of aromatic nitrogens is 1. The first kappa shape index (κ1) is 22.3. The summed E-state index contributed by atoms with van der Waals surface area (Å²) in [6.07, 6.45) is 1.01. The van der Waals surface area contributed by atoms with Crippen LogP contribution < -0.4 is 4.74 Å². The molecule has 6 heteroatoms. The molecule has 0 aliphatic rings. The van der Waals surface area contributed by atoms with Gasteiger partial charge in [0, 0.05) is 10.9 Å². The lowest BCUT2D eigenvalue weighted by Gasteiger charge is -2.10. The highest BCUT2D eigenvalue weighted by Gasteiger charge is 2.17. The van der Waals surface area contributed by atoms with Gasteiger partial charge in [-0.15, -0.1) is 10.2 Å². The van der Waals surface area contributed by atoms with Crippen LogP contribution >= 0.6 is 0 Å². The van der Waals surface area contributed by atoms with Crippen LogP contribution in [-0.2, 0) is 6.54 Å². The fourth-order valence-electron chi connectivity index (χ4n) is 3.55. The second-order valence-electron chi connectivity index (χ2n) is 8.32. The highest BCUT2D eigenvalue weighted by molar-refractivity contribution is 5.97. The van der Waals surface area contributed by atoms with Crippen molar-refractivity contribution in [2.24, 2.45) is 16.1 Å². The molecule has 0 aliphatic heterocycles. The average Bonchev–Trinajstić information content (AvgIpc) is 3.09. The van der Waals surface area contributed by atoms with Gasteiger partial charge in [-0.2, -0.15) is 0 Å². The molecule has 1 aromatic heterocycles. The molecule has 4 rings (SSSR count). The Morgan fingerprint density at radius 1 is 0.970 bits per heavy atom. The molecular weight excluding hydrogens is 414 g/mol. The van der Waals surface area contributed by atoms with Gasteiger partial charge in [-0.25, -0.2) is 0 Å². The number of hydrogen-bond donors (Lipinski definition) is 1. The van der Waals surface area contributed by atoms with Crippen molar-refractivity contribution in [1.29, 1.82) is 0 Å². The van der Waals surface area contributed by atoms with Gasteiger partial charge >= 0.3 is 0 Å². The van der Waals surface area contributed by atoms with Gasteiger partial charge in [0.1, 0.15) is 5.75 Å². The average molecular weight is 442 g/mol. The summed E-state index contributed by atoms with van der Waals surface area (Å²) in [6.45, 7) is 5.48. The standard InChI is InChI=1S/C27H27N3O3/c1-19(2)16-17-33-22-14-12-20(13-15-22)18-30-24-11-7-6-10-23(24)25(27(30)32)28-29-26(31)21-8-4-3-5-9-21/h3-15,19,32H,16-18H2,1-2H3. The van der Waals surface area contributed by atoms with Crippen molar-refractivity contribution in [3.63, 3.8) is 0 Å². The van der Waals surface area contributed by atoms with Crippen LogP contribution in [0.15, 0.2) is 89.1 Å².